The Balaban J connectivity index is 1.50. The molecule has 0 spiro atoms. The number of anilines is 1. The van der Waals surface area contributed by atoms with E-state index in [1.807, 2.05) is 0 Å². The zero-order chi connectivity index (χ0) is 23.0. The van der Waals surface area contributed by atoms with E-state index < -0.39 is 25.9 Å². The molecule has 1 saturated heterocycles. The van der Waals surface area contributed by atoms with E-state index in [9.17, 15) is 13.2 Å². The largest absolute Gasteiger partial charge is 0.445 e. The standard InChI is InChI=1S/C22H31N3O6S/c1-15-23-13-18(30-15)22(8-4-5-9-22)17-12-19(31-25-17)24-20(26)21(2,3)32(27,28)14-16-6-10-29-11-7-16/h12-13,16H,4-11,14H2,1-3H3,(H,24,26). The summed E-state index contributed by atoms with van der Waals surface area (Å²) in [4.78, 5) is 17.2. The molecule has 0 aromatic carbocycles. The average molecular weight is 466 g/mol. The fraction of sp³-hybridized carbons (Fsp3) is 0.682. The predicted octanol–water partition coefficient (Wildman–Crippen LogP) is 3.39. The molecule has 1 saturated carbocycles. The summed E-state index contributed by atoms with van der Waals surface area (Å²) in [5, 5.41) is 6.83. The lowest BCUT2D eigenvalue weighted by atomic mass is 9.80. The third kappa shape index (κ3) is 4.22. The molecule has 176 valence electrons. The zero-order valence-electron chi connectivity index (χ0n) is 18.8. The van der Waals surface area contributed by atoms with E-state index in [4.69, 9.17) is 13.7 Å². The summed E-state index contributed by atoms with van der Waals surface area (Å²) in [6.07, 6.45) is 6.81. The number of hydrogen-bond donors (Lipinski definition) is 1. The second-order valence-corrected chi connectivity index (χ2v) is 12.0. The van der Waals surface area contributed by atoms with Gasteiger partial charge in [0.1, 0.15) is 10.5 Å². The highest BCUT2D eigenvalue weighted by molar-refractivity contribution is 7.93. The molecule has 2 aromatic rings. The highest BCUT2D eigenvalue weighted by Crippen LogP contribution is 2.46. The topological polar surface area (TPSA) is 125 Å². The molecule has 2 aliphatic rings. The van der Waals surface area contributed by atoms with E-state index in [0.29, 0.717) is 37.6 Å². The lowest BCUT2D eigenvalue weighted by molar-refractivity contribution is -0.118. The van der Waals surface area contributed by atoms with Crippen molar-refractivity contribution in [2.24, 2.45) is 5.92 Å². The quantitative estimate of drug-likeness (QED) is 0.660. The summed E-state index contributed by atoms with van der Waals surface area (Å²) in [5.41, 5.74) is 0.211. The van der Waals surface area contributed by atoms with Gasteiger partial charge in [0.15, 0.2) is 15.7 Å². The summed E-state index contributed by atoms with van der Waals surface area (Å²) in [7, 11) is -3.69. The molecule has 0 atom stereocenters. The fourth-order valence-electron chi connectivity index (χ4n) is 4.58. The second-order valence-electron chi connectivity index (χ2n) is 9.41. The van der Waals surface area contributed by atoms with E-state index in [1.165, 1.54) is 13.8 Å². The molecule has 2 aromatic heterocycles. The third-order valence-corrected chi connectivity index (χ3v) is 9.56. The van der Waals surface area contributed by atoms with Crippen LogP contribution in [-0.4, -0.2) is 48.2 Å². The predicted molar refractivity (Wildman–Crippen MR) is 117 cm³/mol. The van der Waals surface area contributed by atoms with Crippen molar-refractivity contribution >= 4 is 21.6 Å². The lowest BCUT2D eigenvalue weighted by Gasteiger charge is -2.28. The van der Waals surface area contributed by atoms with Gasteiger partial charge in [0.25, 0.3) is 0 Å². The number of aromatic nitrogens is 2. The monoisotopic (exact) mass is 465 g/mol. The van der Waals surface area contributed by atoms with Crippen molar-refractivity contribution in [1.29, 1.82) is 0 Å². The molecule has 9 nitrogen and oxygen atoms in total. The Bertz CT molecular complexity index is 1060. The summed E-state index contributed by atoms with van der Waals surface area (Å²) in [6.45, 7) is 5.78. The molecular formula is C22H31N3O6S. The smallest absolute Gasteiger partial charge is 0.247 e. The van der Waals surface area contributed by atoms with Gasteiger partial charge in [-0.3, -0.25) is 10.1 Å². The van der Waals surface area contributed by atoms with Crippen LogP contribution < -0.4 is 5.32 Å². The van der Waals surface area contributed by atoms with E-state index in [2.05, 4.69) is 15.5 Å². The van der Waals surface area contributed by atoms with Gasteiger partial charge >= 0.3 is 0 Å². The van der Waals surface area contributed by atoms with E-state index in [-0.39, 0.29) is 17.6 Å². The summed E-state index contributed by atoms with van der Waals surface area (Å²) >= 11 is 0. The van der Waals surface area contributed by atoms with Crippen molar-refractivity contribution < 1.29 is 26.9 Å². The first-order valence-corrected chi connectivity index (χ1v) is 12.8. The molecule has 10 heteroatoms. The van der Waals surface area contributed by atoms with Gasteiger partial charge in [-0.15, -0.1) is 0 Å². The van der Waals surface area contributed by atoms with Crippen LogP contribution in [0.5, 0.6) is 0 Å². The Labute approximate surface area is 188 Å². The number of oxazole rings is 1. The number of aryl methyl sites for hydroxylation is 1. The van der Waals surface area contributed by atoms with Crippen molar-refractivity contribution in [3.8, 4) is 0 Å². The van der Waals surface area contributed by atoms with Crippen LogP contribution in [0.4, 0.5) is 5.88 Å². The summed E-state index contributed by atoms with van der Waals surface area (Å²) in [6, 6.07) is 1.67. The molecule has 1 N–H and O–H groups in total. The minimum atomic E-state index is -3.69. The van der Waals surface area contributed by atoms with Crippen molar-refractivity contribution in [2.75, 3.05) is 24.3 Å². The van der Waals surface area contributed by atoms with Gasteiger partial charge in [0, 0.05) is 26.2 Å². The number of hydrogen-bond acceptors (Lipinski definition) is 8. The van der Waals surface area contributed by atoms with Crippen LogP contribution in [-0.2, 0) is 24.8 Å². The molecule has 1 aliphatic carbocycles. The van der Waals surface area contributed by atoms with Gasteiger partial charge in [0.2, 0.25) is 11.8 Å². The molecule has 2 fully saturated rings. The third-order valence-electron chi connectivity index (χ3n) is 6.91. The maximum absolute atomic E-state index is 13.0. The number of nitrogens with zero attached hydrogens (tertiary/aromatic N) is 2. The Morgan fingerprint density at radius 2 is 1.94 bits per heavy atom. The van der Waals surface area contributed by atoms with Crippen LogP contribution in [0.25, 0.3) is 0 Å². The van der Waals surface area contributed by atoms with Crippen LogP contribution in [0.3, 0.4) is 0 Å². The highest BCUT2D eigenvalue weighted by atomic mass is 32.2. The van der Waals surface area contributed by atoms with Gasteiger partial charge in [-0.2, -0.15) is 0 Å². The van der Waals surface area contributed by atoms with E-state index in [0.717, 1.165) is 31.4 Å². The number of carbonyl (C=O) groups is 1. The Kier molecular flexibility index (Phi) is 6.19. The van der Waals surface area contributed by atoms with Gasteiger partial charge < -0.3 is 13.7 Å². The molecule has 0 radical (unpaired) electrons. The molecular weight excluding hydrogens is 434 g/mol. The Morgan fingerprint density at radius 3 is 2.56 bits per heavy atom. The maximum atomic E-state index is 13.0. The first-order chi connectivity index (χ1) is 15.1. The minimum absolute atomic E-state index is 0.00490. The van der Waals surface area contributed by atoms with Crippen LogP contribution in [0.2, 0.25) is 0 Å². The molecule has 1 amide bonds. The number of amides is 1. The lowest BCUT2D eigenvalue weighted by Crippen LogP contribution is -2.47. The second kappa shape index (κ2) is 8.62. The number of rotatable bonds is 7. The number of sulfone groups is 1. The SMILES string of the molecule is Cc1ncc(C2(c3cc(NC(=O)C(C)(C)S(=O)(=O)CC4CCOCC4)on3)CCCC2)o1. The van der Waals surface area contributed by atoms with E-state index >= 15 is 0 Å². The summed E-state index contributed by atoms with van der Waals surface area (Å²) < 4.78 is 41.0. The average Bonchev–Trinajstić information content (AvgIpc) is 3.49. The number of nitrogens with one attached hydrogen (secondary N) is 1. The number of carbonyl (C=O) groups excluding carboxylic acids is 1. The maximum Gasteiger partial charge on any atom is 0.247 e. The van der Waals surface area contributed by atoms with Crippen molar-refractivity contribution in [3.63, 3.8) is 0 Å². The van der Waals surface area contributed by atoms with Crippen LogP contribution >= 0.6 is 0 Å². The highest BCUT2D eigenvalue weighted by Gasteiger charge is 2.45. The first-order valence-electron chi connectivity index (χ1n) is 11.2. The van der Waals surface area contributed by atoms with Gasteiger partial charge in [-0.1, -0.05) is 18.0 Å². The molecule has 0 unspecified atom stereocenters. The zero-order valence-corrected chi connectivity index (χ0v) is 19.7. The van der Waals surface area contributed by atoms with Gasteiger partial charge in [-0.25, -0.2) is 13.4 Å². The van der Waals surface area contributed by atoms with Crippen LogP contribution in [0.1, 0.15) is 69.7 Å². The molecule has 4 rings (SSSR count). The summed E-state index contributed by atoms with van der Waals surface area (Å²) in [5.74, 6) is 0.778. The fourth-order valence-corrected chi connectivity index (χ4v) is 6.29. The Morgan fingerprint density at radius 1 is 1.25 bits per heavy atom. The normalized spacial score (nSPS) is 19.8. The molecule has 3 heterocycles. The minimum Gasteiger partial charge on any atom is -0.445 e. The molecule has 0 bridgehead atoms. The Hall–Kier alpha value is -2.20. The molecule has 32 heavy (non-hydrogen) atoms. The first kappa shape index (κ1) is 23.0. The molecule has 1 aliphatic heterocycles. The van der Waals surface area contributed by atoms with Crippen molar-refractivity contribution in [3.05, 3.63) is 29.6 Å². The van der Waals surface area contributed by atoms with Crippen LogP contribution in [0.15, 0.2) is 21.2 Å². The number of ether oxygens (including phenoxy) is 1. The van der Waals surface area contributed by atoms with Gasteiger partial charge in [-0.05, 0) is 45.4 Å². The van der Waals surface area contributed by atoms with Crippen molar-refractivity contribution in [1.82, 2.24) is 10.1 Å². The van der Waals surface area contributed by atoms with Crippen molar-refractivity contribution in [2.45, 2.75) is 69.5 Å². The van der Waals surface area contributed by atoms with Crippen LogP contribution in [0, 0.1) is 12.8 Å². The van der Waals surface area contributed by atoms with E-state index in [1.54, 1.807) is 19.2 Å². The van der Waals surface area contributed by atoms with Gasteiger partial charge in [0.05, 0.1) is 23.1 Å².